The van der Waals surface area contributed by atoms with Crippen molar-refractivity contribution in [2.45, 2.75) is 204 Å². The average molecular weight is 597 g/mol. The summed E-state index contributed by atoms with van der Waals surface area (Å²) in [5.74, 6) is -0.309. The molecule has 1 fully saturated rings. The fourth-order valence-corrected chi connectivity index (χ4v) is 6.43. The number of esters is 1. The number of hydrogen-bond acceptors (Lipinski definition) is 7. The van der Waals surface area contributed by atoms with Crippen LogP contribution in [0.15, 0.2) is 11.6 Å². The van der Waals surface area contributed by atoms with Gasteiger partial charge in [-0.15, -0.1) is 0 Å². The van der Waals surface area contributed by atoms with Gasteiger partial charge in [0.25, 0.3) is 0 Å². The summed E-state index contributed by atoms with van der Waals surface area (Å²) in [6.45, 7) is 4.07. The fraction of sp³-hybridized carbons (Fsp3) is 0.914. The molecule has 0 aromatic rings. The minimum absolute atomic E-state index is 0.157. The third-order valence-electron chi connectivity index (χ3n) is 9.11. The molecule has 246 valence electrons. The number of aliphatic hydroxyl groups is 4. The van der Waals surface area contributed by atoms with Crippen LogP contribution in [0.5, 0.6) is 0 Å². The molecule has 2 aliphatic rings. The molecule has 7 heteroatoms. The van der Waals surface area contributed by atoms with Gasteiger partial charge in [-0.05, 0) is 64.4 Å². The lowest BCUT2D eigenvalue weighted by molar-refractivity contribution is -0.139. The summed E-state index contributed by atoms with van der Waals surface area (Å²) in [5, 5.41) is 41.7. The number of unbranched alkanes of at least 4 members (excludes halogenated alkanes) is 12. The Morgan fingerprint density at radius 3 is 1.64 bits per heavy atom. The minimum atomic E-state index is -0.539. The maximum atomic E-state index is 11.6. The summed E-state index contributed by atoms with van der Waals surface area (Å²) in [6.07, 6.45) is 22.3. The van der Waals surface area contributed by atoms with E-state index in [1.54, 1.807) is 6.08 Å². The van der Waals surface area contributed by atoms with E-state index in [-0.39, 0.29) is 30.4 Å². The minimum Gasteiger partial charge on any atom is -0.455 e. The van der Waals surface area contributed by atoms with E-state index in [1.807, 2.05) is 6.92 Å². The number of ether oxygens (including phenoxy) is 2. The number of carbonyl (C=O) groups excluding carboxylic acids is 1. The summed E-state index contributed by atoms with van der Waals surface area (Å²) in [7, 11) is 0. The second kappa shape index (κ2) is 22.5. The first-order valence-electron chi connectivity index (χ1n) is 17.6. The van der Waals surface area contributed by atoms with Gasteiger partial charge in [0.1, 0.15) is 6.10 Å². The van der Waals surface area contributed by atoms with E-state index >= 15 is 0 Å². The van der Waals surface area contributed by atoms with E-state index in [0.717, 1.165) is 64.2 Å². The van der Waals surface area contributed by atoms with Crippen molar-refractivity contribution in [1.29, 1.82) is 0 Å². The van der Waals surface area contributed by atoms with Crippen LogP contribution in [0.25, 0.3) is 0 Å². The van der Waals surface area contributed by atoms with E-state index in [9.17, 15) is 25.2 Å². The van der Waals surface area contributed by atoms with Gasteiger partial charge in [0.15, 0.2) is 0 Å². The van der Waals surface area contributed by atoms with Gasteiger partial charge >= 0.3 is 5.97 Å². The molecule has 2 aliphatic heterocycles. The molecule has 0 aromatic carbocycles. The van der Waals surface area contributed by atoms with E-state index in [1.165, 1.54) is 57.8 Å². The lowest BCUT2D eigenvalue weighted by Crippen LogP contribution is -2.31. The van der Waals surface area contributed by atoms with Gasteiger partial charge < -0.3 is 29.9 Å². The van der Waals surface area contributed by atoms with Crippen molar-refractivity contribution in [1.82, 2.24) is 0 Å². The van der Waals surface area contributed by atoms with Gasteiger partial charge in [0, 0.05) is 12.0 Å². The maximum Gasteiger partial charge on any atom is 0.334 e. The molecule has 2 heterocycles. The van der Waals surface area contributed by atoms with Crippen LogP contribution in [0.2, 0.25) is 0 Å². The van der Waals surface area contributed by atoms with Gasteiger partial charge in [-0.25, -0.2) is 4.79 Å². The van der Waals surface area contributed by atoms with Crippen molar-refractivity contribution < 1.29 is 34.7 Å². The Morgan fingerprint density at radius 2 is 1.12 bits per heavy atom. The molecule has 42 heavy (non-hydrogen) atoms. The second-order valence-electron chi connectivity index (χ2n) is 13.1. The molecule has 0 saturated carbocycles. The molecule has 4 N–H and O–H groups in total. The molecule has 1 saturated heterocycles. The second-order valence-corrected chi connectivity index (χ2v) is 13.1. The Balaban J connectivity index is 1.41. The molecule has 0 spiro atoms. The SMILES string of the molecule is CCCCCCCCCCCC[C@H](O)[C@@H]1CC[C@@H]([C@@H](O)CCCC(O)CCCCCC[C@@H](O)CC2=C[C@H](C)OC2=O)O1. The first-order chi connectivity index (χ1) is 20.3. The number of aliphatic hydroxyl groups excluding tert-OH is 4. The molecule has 0 amide bonds. The standard InChI is InChI=1S/C35H64O7/c1-3-4-5-6-7-8-9-10-11-16-21-31(38)33-23-24-34(42-33)32(39)22-17-20-29(36)18-14-12-13-15-19-30(37)26-28-25-27(2)41-35(28)40/h25,27,29-34,36-39H,3-24,26H2,1-2H3/t27-,29?,30+,31-,32-,33-,34-/m0/s1. The highest BCUT2D eigenvalue weighted by Crippen LogP contribution is 2.28. The van der Waals surface area contributed by atoms with Gasteiger partial charge in [0.05, 0.1) is 36.6 Å². The zero-order valence-electron chi connectivity index (χ0n) is 26.9. The van der Waals surface area contributed by atoms with Crippen LogP contribution in [0, 0.1) is 0 Å². The highest BCUT2D eigenvalue weighted by molar-refractivity contribution is 5.90. The normalized spacial score (nSPS) is 23.5. The number of hydrogen-bond donors (Lipinski definition) is 4. The number of carbonyl (C=O) groups is 1. The predicted octanol–water partition coefficient (Wildman–Crippen LogP) is 7.06. The van der Waals surface area contributed by atoms with Crippen LogP contribution < -0.4 is 0 Å². The lowest BCUT2D eigenvalue weighted by Gasteiger charge is -2.22. The summed E-state index contributed by atoms with van der Waals surface area (Å²) < 4.78 is 11.1. The molecular formula is C35H64O7. The van der Waals surface area contributed by atoms with E-state index in [2.05, 4.69) is 6.92 Å². The van der Waals surface area contributed by atoms with Crippen LogP contribution in [0.4, 0.5) is 0 Å². The van der Waals surface area contributed by atoms with E-state index in [0.29, 0.717) is 31.3 Å². The van der Waals surface area contributed by atoms with Gasteiger partial charge in [0.2, 0.25) is 0 Å². The highest BCUT2D eigenvalue weighted by Gasteiger charge is 2.34. The fourth-order valence-electron chi connectivity index (χ4n) is 6.43. The summed E-state index contributed by atoms with van der Waals surface area (Å²) in [4.78, 5) is 11.6. The largest absolute Gasteiger partial charge is 0.455 e. The molecule has 0 radical (unpaired) electrons. The average Bonchev–Trinajstić information content (AvgIpc) is 3.57. The third-order valence-corrected chi connectivity index (χ3v) is 9.11. The Kier molecular flexibility index (Phi) is 19.9. The molecule has 2 rings (SSSR count). The van der Waals surface area contributed by atoms with Crippen molar-refractivity contribution in [2.75, 3.05) is 0 Å². The zero-order valence-corrected chi connectivity index (χ0v) is 26.9. The monoisotopic (exact) mass is 596 g/mol. The van der Waals surface area contributed by atoms with E-state index in [4.69, 9.17) is 9.47 Å². The van der Waals surface area contributed by atoms with Crippen LogP contribution >= 0.6 is 0 Å². The first kappa shape index (κ1) is 37.2. The molecular weight excluding hydrogens is 532 g/mol. The number of cyclic esters (lactones) is 1. The molecule has 0 aromatic heterocycles. The molecule has 1 unspecified atom stereocenters. The Hall–Kier alpha value is -0.990. The van der Waals surface area contributed by atoms with Crippen LogP contribution in [-0.4, -0.2) is 69.1 Å². The summed E-state index contributed by atoms with van der Waals surface area (Å²) in [6, 6.07) is 0. The quantitative estimate of drug-likeness (QED) is 0.0624. The third kappa shape index (κ3) is 16.2. The zero-order chi connectivity index (χ0) is 30.6. The van der Waals surface area contributed by atoms with Crippen molar-refractivity contribution >= 4 is 5.97 Å². The smallest absolute Gasteiger partial charge is 0.334 e. The van der Waals surface area contributed by atoms with Crippen LogP contribution in [0.3, 0.4) is 0 Å². The predicted molar refractivity (Wildman–Crippen MR) is 168 cm³/mol. The molecule has 0 aliphatic carbocycles. The van der Waals surface area contributed by atoms with Crippen molar-refractivity contribution in [3.63, 3.8) is 0 Å². The molecule has 0 bridgehead atoms. The van der Waals surface area contributed by atoms with E-state index < -0.39 is 18.3 Å². The Bertz CT molecular complexity index is 726. The van der Waals surface area contributed by atoms with Gasteiger partial charge in [-0.3, -0.25) is 0 Å². The van der Waals surface area contributed by atoms with Gasteiger partial charge in [-0.2, -0.15) is 0 Å². The van der Waals surface area contributed by atoms with Crippen LogP contribution in [-0.2, 0) is 14.3 Å². The first-order valence-corrected chi connectivity index (χ1v) is 17.6. The van der Waals surface area contributed by atoms with Crippen LogP contribution in [0.1, 0.15) is 162 Å². The maximum absolute atomic E-state index is 11.6. The van der Waals surface area contributed by atoms with Crippen molar-refractivity contribution in [2.24, 2.45) is 0 Å². The van der Waals surface area contributed by atoms with Gasteiger partial charge in [-0.1, -0.05) is 96.8 Å². The van der Waals surface area contributed by atoms with Crippen molar-refractivity contribution in [3.8, 4) is 0 Å². The highest BCUT2D eigenvalue weighted by atomic mass is 16.5. The van der Waals surface area contributed by atoms with Crippen molar-refractivity contribution in [3.05, 3.63) is 11.6 Å². The molecule has 7 nitrogen and oxygen atoms in total. The summed E-state index contributed by atoms with van der Waals surface area (Å²) in [5.41, 5.74) is 0.583. The Morgan fingerprint density at radius 1 is 0.667 bits per heavy atom. The summed E-state index contributed by atoms with van der Waals surface area (Å²) >= 11 is 0. The number of rotatable bonds is 26. The lowest BCUT2D eigenvalue weighted by atomic mass is 9.99. The Labute approximate surface area is 256 Å². The topological polar surface area (TPSA) is 116 Å². The molecule has 7 atom stereocenters.